The topological polar surface area (TPSA) is 96.7 Å². The third-order valence-corrected chi connectivity index (χ3v) is 2.96. The van der Waals surface area contributed by atoms with Crippen molar-refractivity contribution in [2.24, 2.45) is 0 Å². The number of halogens is 1. The number of aromatic amines is 1. The Morgan fingerprint density at radius 2 is 2.26 bits per heavy atom. The Morgan fingerprint density at radius 3 is 2.84 bits per heavy atom. The number of nitrogen functional groups attached to an aromatic ring is 1. The van der Waals surface area contributed by atoms with Gasteiger partial charge in [0.05, 0.1) is 22.8 Å². The van der Waals surface area contributed by atoms with Crippen molar-refractivity contribution in [3.05, 3.63) is 34.4 Å². The van der Waals surface area contributed by atoms with Crippen molar-refractivity contribution >= 4 is 28.9 Å². The molecule has 0 aliphatic rings. The summed E-state index contributed by atoms with van der Waals surface area (Å²) in [7, 11) is 0. The zero-order valence-corrected chi connectivity index (χ0v) is 11.4. The molecule has 0 radical (unpaired) electrons. The number of anilines is 2. The Morgan fingerprint density at radius 1 is 1.53 bits per heavy atom. The van der Waals surface area contributed by atoms with Gasteiger partial charge in [0.15, 0.2) is 5.69 Å². The summed E-state index contributed by atoms with van der Waals surface area (Å²) in [6, 6.07) is 3.29. The van der Waals surface area contributed by atoms with Crippen molar-refractivity contribution in [3.8, 4) is 0 Å². The van der Waals surface area contributed by atoms with Gasteiger partial charge in [-0.25, -0.2) is 4.98 Å². The van der Waals surface area contributed by atoms with E-state index in [1.807, 2.05) is 6.92 Å². The van der Waals surface area contributed by atoms with Crippen molar-refractivity contribution in [3.63, 3.8) is 0 Å². The number of carbonyl (C=O) groups is 1. The van der Waals surface area contributed by atoms with Gasteiger partial charge < -0.3 is 11.1 Å². The molecule has 2 aromatic heterocycles. The monoisotopic (exact) mass is 279 g/mol. The summed E-state index contributed by atoms with van der Waals surface area (Å²) in [5, 5.41) is 9.75. The molecule has 6 nitrogen and oxygen atoms in total. The van der Waals surface area contributed by atoms with Crippen LogP contribution in [0.25, 0.3) is 0 Å². The number of amides is 1. The van der Waals surface area contributed by atoms with Gasteiger partial charge in [-0.3, -0.25) is 9.89 Å². The minimum atomic E-state index is -0.374. The van der Waals surface area contributed by atoms with Gasteiger partial charge in [-0.05, 0) is 25.5 Å². The first kappa shape index (κ1) is 13.4. The molecule has 2 heterocycles. The average Bonchev–Trinajstić information content (AvgIpc) is 2.74. The van der Waals surface area contributed by atoms with E-state index < -0.39 is 0 Å². The van der Waals surface area contributed by atoms with E-state index in [1.165, 1.54) is 0 Å². The van der Waals surface area contributed by atoms with Gasteiger partial charge >= 0.3 is 0 Å². The SMILES string of the molecule is CCc1[nH]nc(C(=O)Nc2ccc(Cl)nc2C)c1N. The molecule has 7 heteroatoms. The Balaban J connectivity index is 2.23. The lowest BCUT2D eigenvalue weighted by Gasteiger charge is -2.06. The number of nitrogens with one attached hydrogen (secondary N) is 2. The minimum Gasteiger partial charge on any atom is -0.395 e. The van der Waals surface area contributed by atoms with E-state index in [0.29, 0.717) is 28.6 Å². The predicted octanol–water partition coefficient (Wildman–Crippen LogP) is 2.16. The maximum absolute atomic E-state index is 12.1. The Hall–Kier alpha value is -2.08. The van der Waals surface area contributed by atoms with E-state index in [1.54, 1.807) is 19.1 Å². The van der Waals surface area contributed by atoms with E-state index in [0.717, 1.165) is 5.69 Å². The minimum absolute atomic E-state index is 0.186. The Bertz CT molecular complexity index is 623. The summed E-state index contributed by atoms with van der Waals surface area (Å²) in [5.74, 6) is -0.374. The lowest BCUT2D eigenvalue weighted by molar-refractivity contribution is 0.102. The van der Waals surface area contributed by atoms with Crippen LogP contribution in [0.2, 0.25) is 5.15 Å². The van der Waals surface area contributed by atoms with Crippen LogP contribution in [0.15, 0.2) is 12.1 Å². The van der Waals surface area contributed by atoms with Gasteiger partial charge in [0.25, 0.3) is 5.91 Å². The van der Waals surface area contributed by atoms with Gasteiger partial charge in [0, 0.05) is 0 Å². The molecule has 0 aromatic carbocycles. The number of H-pyrrole nitrogens is 1. The second-order valence-electron chi connectivity index (χ2n) is 4.04. The summed E-state index contributed by atoms with van der Waals surface area (Å²) in [6.07, 6.45) is 0.688. The Kier molecular flexibility index (Phi) is 3.71. The second kappa shape index (κ2) is 5.27. The molecule has 0 saturated heterocycles. The highest BCUT2D eigenvalue weighted by Crippen LogP contribution is 2.19. The molecule has 0 aliphatic carbocycles. The molecule has 0 unspecified atom stereocenters. The average molecular weight is 280 g/mol. The van der Waals surface area contributed by atoms with Crippen LogP contribution in [0.5, 0.6) is 0 Å². The van der Waals surface area contributed by atoms with Gasteiger partial charge in [0.2, 0.25) is 0 Å². The van der Waals surface area contributed by atoms with Crippen molar-refractivity contribution in [2.45, 2.75) is 20.3 Å². The number of nitrogens with two attached hydrogens (primary N) is 1. The molecular weight excluding hydrogens is 266 g/mol. The third-order valence-electron chi connectivity index (χ3n) is 2.75. The van der Waals surface area contributed by atoms with Crippen molar-refractivity contribution < 1.29 is 4.79 Å². The molecule has 0 saturated carbocycles. The normalized spacial score (nSPS) is 10.5. The highest BCUT2D eigenvalue weighted by atomic mass is 35.5. The van der Waals surface area contributed by atoms with Gasteiger partial charge in [-0.15, -0.1) is 0 Å². The quantitative estimate of drug-likeness (QED) is 0.750. The van der Waals surface area contributed by atoms with E-state index in [-0.39, 0.29) is 11.6 Å². The van der Waals surface area contributed by atoms with Crippen LogP contribution in [-0.2, 0) is 6.42 Å². The molecule has 2 aromatic rings. The highest BCUT2D eigenvalue weighted by Gasteiger charge is 2.17. The van der Waals surface area contributed by atoms with Crippen LogP contribution in [0, 0.1) is 6.92 Å². The molecule has 0 fully saturated rings. The fourth-order valence-electron chi connectivity index (χ4n) is 1.67. The molecule has 0 atom stereocenters. The number of aromatic nitrogens is 3. The zero-order chi connectivity index (χ0) is 14.0. The van der Waals surface area contributed by atoms with Crippen molar-refractivity contribution in [2.75, 3.05) is 11.1 Å². The van der Waals surface area contributed by atoms with E-state index in [4.69, 9.17) is 17.3 Å². The summed E-state index contributed by atoms with van der Waals surface area (Å²) < 4.78 is 0. The number of hydrogen-bond donors (Lipinski definition) is 3. The van der Waals surface area contributed by atoms with E-state index in [2.05, 4.69) is 20.5 Å². The van der Waals surface area contributed by atoms with Crippen LogP contribution < -0.4 is 11.1 Å². The first-order chi connectivity index (χ1) is 9.02. The van der Waals surface area contributed by atoms with Crippen molar-refractivity contribution in [1.82, 2.24) is 15.2 Å². The number of hydrogen-bond acceptors (Lipinski definition) is 4. The fraction of sp³-hybridized carbons (Fsp3) is 0.250. The molecule has 19 heavy (non-hydrogen) atoms. The molecule has 4 N–H and O–H groups in total. The molecule has 1 amide bonds. The lowest BCUT2D eigenvalue weighted by Crippen LogP contribution is -2.15. The van der Waals surface area contributed by atoms with Crippen LogP contribution in [0.4, 0.5) is 11.4 Å². The summed E-state index contributed by atoms with van der Waals surface area (Å²) in [6.45, 7) is 3.69. The molecular formula is C12H14ClN5O. The van der Waals surface area contributed by atoms with Crippen molar-refractivity contribution in [1.29, 1.82) is 0 Å². The number of pyridine rings is 1. The van der Waals surface area contributed by atoms with Gasteiger partial charge in [-0.1, -0.05) is 18.5 Å². The highest BCUT2D eigenvalue weighted by molar-refractivity contribution is 6.29. The predicted molar refractivity (Wildman–Crippen MR) is 74.3 cm³/mol. The number of carbonyl (C=O) groups excluding carboxylic acids is 1. The molecule has 0 aliphatic heterocycles. The summed E-state index contributed by atoms with van der Waals surface area (Å²) in [5.41, 5.74) is 8.36. The van der Waals surface area contributed by atoms with E-state index >= 15 is 0 Å². The molecule has 0 bridgehead atoms. The number of nitrogens with zero attached hydrogens (tertiary/aromatic N) is 2. The summed E-state index contributed by atoms with van der Waals surface area (Å²) in [4.78, 5) is 16.1. The lowest BCUT2D eigenvalue weighted by atomic mass is 10.2. The largest absolute Gasteiger partial charge is 0.395 e. The van der Waals surface area contributed by atoms with Crippen LogP contribution in [0.1, 0.15) is 28.8 Å². The molecule has 2 rings (SSSR count). The maximum atomic E-state index is 12.1. The zero-order valence-electron chi connectivity index (χ0n) is 10.6. The fourth-order valence-corrected chi connectivity index (χ4v) is 1.86. The first-order valence-corrected chi connectivity index (χ1v) is 6.18. The molecule has 100 valence electrons. The standard InChI is InChI=1S/C12H14ClN5O/c1-3-7-10(14)11(18-17-7)12(19)16-8-4-5-9(13)15-6(8)2/h4-5H,3,14H2,1-2H3,(H,16,19)(H,17,18). The molecule has 0 spiro atoms. The van der Waals surface area contributed by atoms with Gasteiger partial charge in [0.1, 0.15) is 5.15 Å². The second-order valence-corrected chi connectivity index (χ2v) is 4.43. The number of rotatable bonds is 3. The van der Waals surface area contributed by atoms with Crippen LogP contribution in [0.3, 0.4) is 0 Å². The third kappa shape index (κ3) is 2.68. The first-order valence-electron chi connectivity index (χ1n) is 5.80. The smallest absolute Gasteiger partial charge is 0.278 e. The van der Waals surface area contributed by atoms with Gasteiger partial charge in [-0.2, -0.15) is 5.10 Å². The maximum Gasteiger partial charge on any atom is 0.278 e. The van der Waals surface area contributed by atoms with Crippen LogP contribution in [-0.4, -0.2) is 21.1 Å². The Labute approximate surface area is 115 Å². The van der Waals surface area contributed by atoms with E-state index in [9.17, 15) is 4.79 Å². The van der Waals surface area contributed by atoms with Crippen LogP contribution >= 0.6 is 11.6 Å². The number of aryl methyl sites for hydroxylation is 2. The summed E-state index contributed by atoms with van der Waals surface area (Å²) >= 11 is 5.76.